The van der Waals surface area contributed by atoms with E-state index in [2.05, 4.69) is 24.5 Å². The van der Waals surface area contributed by atoms with Gasteiger partial charge in [0, 0.05) is 6.54 Å². The van der Waals surface area contributed by atoms with Crippen molar-refractivity contribution in [1.82, 2.24) is 10.6 Å². The van der Waals surface area contributed by atoms with Gasteiger partial charge in [-0.2, -0.15) is 0 Å². The summed E-state index contributed by atoms with van der Waals surface area (Å²) in [5.74, 6) is 1.90. The molecule has 0 spiro atoms. The highest BCUT2D eigenvalue weighted by Gasteiger charge is 2.30. The minimum Gasteiger partial charge on any atom is -0.316 e. The van der Waals surface area contributed by atoms with Crippen molar-refractivity contribution < 1.29 is 0 Å². The van der Waals surface area contributed by atoms with Crippen LogP contribution in [-0.2, 0) is 0 Å². The van der Waals surface area contributed by atoms with Crippen molar-refractivity contribution in [2.45, 2.75) is 52.4 Å². The van der Waals surface area contributed by atoms with Crippen molar-refractivity contribution in [1.29, 1.82) is 0 Å². The van der Waals surface area contributed by atoms with Gasteiger partial charge in [0.15, 0.2) is 0 Å². The number of hydrogen-bond acceptors (Lipinski definition) is 2. The average Bonchev–Trinajstić information content (AvgIpc) is 2.27. The van der Waals surface area contributed by atoms with Crippen LogP contribution in [0.15, 0.2) is 0 Å². The molecule has 1 aliphatic heterocycles. The summed E-state index contributed by atoms with van der Waals surface area (Å²) in [7, 11) is 0. The van der Waals surface area contributed by atoms with Gasteiger partial charge < -0.3 is 10.6 Å². The molecule has 1 aliphatic carbocycles. The molecule has 2 fully saturated rings. The Kier molecular flexibility index (Phi) is 4.87. The van der Waals surface area contributed by atoms with Gasteiger partial charge in [-0.1, -0.05) is 33.1 Å². The molecule has 0 bridgehead atoms. The predicted molar refractivity (Wildman–Crippen MR) is 74.2 cm³/mol. The second kappa shape index (κ2) is 6.19. The maximum absolute atomic E-state index is 3.69. The number of rotatable bonds is 6. The molecule has 0 amide bonds. The summed E-state index contributed by atoms with van der Waals surface area (Å²) in [6.45, 7) is 9.72. The summed E-state index contributed by atoms with van der Waals surface area (Å²) in [5, 5.41) is 7.23. The fourth-order valence-electron chi connectivity index (χ4n) is 3.16. The van der Waals surface area contributed by atoms with Crippen LogP contribution in [0, 0.1) is 17.3 Å². The summed E-state index contributed by atoms with van der Waals surface area (Å²) in [6.07, 6.45) is 8.61. The van der Waals surface area contributed by atoms with Crippen molar-refractivity contribution in [3.8, 4) is 0 Å². The molecule has 1 heterocycles. The maximum atomic E-state index is 3.69. The molecule has 0 aromatic heterocycles. The van der Waals surface area contributed by atoms with Gasteiger partial charge in [0.25, 0.3) is 0 Å². The summed E-state index contributed by atoms with van der Waals surface area (Å²) in [6, 6.07) is 0. The quantitative estimate of drug-likeness (QED) is 0.695. The molecule has 0 aromatic carbocycles. The Bertz CT molecular complexity index is 215. The van der Waals surface area contributed by atoms with E-state index in [-0.39, 0.29) is 0 Å². The van der Waals surface area contributed by atoms with Gasteiger partial charge in [0.05, 0.1) is 0 Å². The van der Waals surface area contributed by atoms with Gasteiger partial charge in [0.2, 0.25) is 0 Å². The molecule has 1 atom stereocenters. The van der Waals surface area contributed by atoms with Crippen molar-refractivity contribution in [2.75, 3.05) is 26.2 Å². The molecule has 1 unspecified atom stereocenters. The number of hydrogen-bond donors (Lipinski definition) is 2. The standard InChI is InChI=1S/C15H30N2/c1-15(2,14-7-4-9-16-11-14)12-17-10-8-13-5-3-6-13/h13-14,16-17H,3-12H2,1-2H3. The number of piperidine rings is 1. The van der Waals surface area contributed by atoms with E-state index in [1.54, 1.807) is 0 Å². The Labute approximate surface area is 107 Å². The molecule has 2 nitrogen and oxygen atoms in total. The molecular formula is C15H30N2. The van der Waals surface area contributed by atoms with Crippen molar-refractivity contribution in [2.24, 2.45) is 17.3 Å². The van der Waals surface area contributed by atoms with Gasteiger partial charge in [0.1, 0.15) is 0 Å². The first-order valence-electron chi connectivity index (χ1n) is 7.60. The highest BCUT2D eigenvalue weighted by Crippen LogP contribution is 2.31. The third-order valence-electron chi connectivity index (χ3n) is 4.94. The first kappa shape index (κ1) is 13.4. The molecule has 2 rings (SSSR count). The summed E-state index contributed by atoms with van der Waals surface area (Å²) < 4.78 is 0. The molecule has 1 saturated heterocycles. The highest BCUT2D eigenvalue weighted by atomic mass is 14.9. The second-order valence-electron chi connectivity index (χ2n) is 6.79. The molecule has 2 aliphatic rings. The highest BCUT2D eigenvalue weighted by molar-refractivity contribution is 4.84. The fourth-order valence-corrected chi connectivity index (χ4v) is 3.16. The zero-order chi connectivity index (χ0) is 12.1. The smallest absolute Gasteiger partial charge is 0.000565 e. The van der Waals surface area contributed by atoms with E-state index in [1.807, 2.05) is 0 Å². The maximum Gasteiger partial charge on any atom is 0.000565 e. The van der Waals surface area contributed by atoms with Crippen LogP contribution in [0.25, 0.3) is 0 Å². The summed E-state index contributed by atoms with van der Waals surface area (Å²) in [4.78, 5) is 0. The minimum absolute atomic E-state index is 0.451. The monoisotopic (exact) mass is 238 g/mol. The fraction of sp³-hybridized carbons (Fsp3) is 1.00. The van der Waals surface area contributed by atoms with E-state index in [0.29, 0.717) is 5.41 Å². The molecule has 2 N–H and O–H groups in total. The van der Waals surface area contributed by atoms with E-state index in [1.165, 1.54) is 64.7 Å². The van der Waals surface area contributed by atoms with Gasteiger partial charge in [-0.25, -0.2) is 0 Å². The topological polar surface area (TPSA) is 24.1 Å². The van der Waals surface area contributed by atoms with E-state index < -0.39 is 0 Å². The van der Waals surface area contributed by atoms with Crippen molar-refractivity contribution >= 4 is 0 Å². The van der Waals surface area contributed by atoms with Gasteiger partial charge >= 0.3 is 0 Å². The zero-order valence-corrected chi connectivity index (χ0v) is 11.7. The second-order valence-corrected chi connectivity index (χ2v) is 6.79. The summed E-state index contributed by atoms with van der Waals surface area (Å²) >= 11 is 0. The first-order valence-corrected chi connectivity index (χ1v) is 7.60. The third-order valence-corrected chi connectivity index (χ3v) is 4.94. The van der Waals surface area contributed by atoms with Crippen LogP contribution in [0.1, 0.15) is 52.4 Å². The van der Waals surface area contributed by atoms with Gasteiger partial charge in [-0.3, -0.25) is 0 Å². The van der Waals surface area contributed by atoms with E-state index >= 15 is 0 Å². The first-order chi connectivity index (χ1) is 8.18. The lowest BCUT2D eigenvalue weighted by molar-refractivity contribution is 0.164. The Hall–Kier alpha value is -0.0800. The normalized spacial score (nSPS) is 26.8. The van der Waals surface area contributed by atoms with Crippen LogP contribution in [-0.4, -0.2) is 26.2 Å². The van der Waals surface area contributed by atoms with Crippen molar-refractivity contribution in [3.63, 3.8) is 0 Å². The van der Waals surface area contributed by atoms with Gasteiger partial charge in [-0.15, -0.1) is 0 Å². The average molecular weight is 238 g/mol. The predicted octanol–water partition coefficient (Wildman–Crippen LogP) is 2.79. The molecule has 17 heavy (non-hydrogen) atoms. The molecule has 1 saturated carbocycles. The molecule has 0 aromatic rings. The molecule has 100 valence electrons. The van der Waals surface area contributed by atoms with E-state index in [0.717, 1.165) is 11.8 Å². The van der Waals surface area contributed by atoms with E-state index in [4.69, 9.17) is 0 Å². The summed E-state index contributed by atoms with van der Waals surface area (Å²) in [5.41, 5.74) is 0.451. The van der Waals surface area contributed by atoms with Crippen LogP contribution < -0.4 is 10.6 Å². The zero-order valence-electron chi connectivity index (χ0n) is 11.7. The molecular weight excluding hydrogens is 208 g/mol. The lowest BCUT2D eigenvalue weighted by Crippen LogP contribution is -2.43. The third kappa shape index (κ3) is 3.96. The van der Waals surface area contributed by atoms with E-state index in [9.17, 15) is 0 Å². The molecule has 2 heteroatoms. The van der Waals surface area contributed by atoms with Crippen LogP contribution >= 0.6 is 0 Å². The minimum atomic E-state index is 0.451. The van der Waals surface area contributed by atoms with Gasteiger partial charge in [-0.05, 0) is 56.1 Å². The number of nitrogens with one attached hydrogen (secondary N) is 2. The van der Waals surface area contributed by atoms with Crippen molar-refractivity contribution in [3.05, 3.63) is 0 Å². The Morgan fingerprint density at radius 2 is 2.00 bits per heavy atom. The lowest BCUT2D eigenvalue weighted by Gasteiger charge is -2.38. The largest absolute Gasteiger partial charge is 0.316 e. The Morgan fingerprint density at radius 1 is 1.18 bits per heavy atom. The SMILES string of the molecule is CC(C)(CNCCC1CCC1)C1CCCNC1. The molecule has 0 radical (unpaired) electrons. The van der Waals surface area contributed by atoms with Crippen LogP contribution in [0.5, 0.6) is 0 Å². The Balaban J connectivity index is 1.61. The van der Waals surface area contributed by atoms with Crippen LogP contribution in [0.2, 0.25) is 0 Å². The van der Waals surface area contributed by atoms with Crippen LogP contribution in [0.4, 0.5) is 0 Å². The van der Waals surface area contributed by atoms with Crippen LogP contribution in [0.3, 0.4) is 0 Å². The lowest BCUT2D eigenvalue weighted by atomic mass is 9.75. The Morgan fingerprint density at radius 3 is 2.59 bits per heavy atom.